The standard InChI is InChI=1S/C17H33N5O5/c1-3-10(2)14(17(26)27)22-16(25)12(7-8-13(20)23)21-15(24)11(19)6-4-5-9-18/h10-12,14H,3-9,18-19H2,1-2H3,(H2,20,23)(H,21,24)(H,22,25)(H,26,27)/t10-,11-,12-,14-/m0/s1. The highest BCUT2D eigenvalue weighted by Gasteiger charge is 2.30. The molecule has 10 nitrogen and oxygen atoms in total. The average Bonchev–Trinajstić information content (AvgIpc) is 2.61. The highest BCUT2D eigenvalue weighted by Crippen LogP contribution is 2.09. The molecule has 10 heteroatoms. The van der Waals surface area contributed by atoms with Gasteiger partial charge in [0.25, 0.3) is 0 Å². The number of carbonyl (C=O) groups excluding carboxylic acids is 3. The molecule has 0 aliphatic carbocycles. The van der Waals surface area contributed by atoms with E-state index in [9.17, 15) is 24.3 Å². The molecule has 0 fully saturated rings. The van der Waals surface area contributed by atoms with E-state index in [2.05, 4.69) is 10.6 Å². The van der Waals surface area contributed by atoms with Gasteiger partial charge in [0, 0.05) is 6.42 Å². The van der Waals surface area contributed by atoms with Gasteiger partial charge in [-0.05, 0) is 31.7 Å². The maximum Gasteiger partial charge on any atom is 0.326 e. The van der Waals surface area contributed by atoms with Crippen molar-refractivity contribution in [2.24, 2.45) is 23.1 Å². The fourth-order valence-electron chi connectivity index (χ4n) is 2.41. The van der Waals surface area contributed by atoms with Crippen molar-refractivity contribution < 1.29 is 24.3 Å². The molecule has 0 bridgehead atoms. The lowest BCUT2D eigenvalue weighted by molar-refractivity contribution is -0.144. The van der Waals surface area contributed by atoms with Crippen molar-refractivity contribution in [3.63, 3.8) is 0 Å². The summed E-state index contributed by atoms with van der Waals surface area (Å²) in [6.07, 6.45) is 2.15. The number of carboxylic acids is 1. The summed E-state index contributed by atoms with van der Waals surface area (Å²) in [5, 5.41) is 14.2. The van der Waals surface area contributed by atoms with Crippen LogP contribution < -0.4 is 27.8 Å². The minimum atomic E-state index is -1.17. The Morgan fingerprint density at radius 2 is 1.67 bits per heavy atom. The Bertz CT molecular complexity index is 514. The summed E-state index contributed by atoms with van der Waals surface area (Å²) in [6, 6.07) is -3.03. The van der Waals surface area contributed by atoms with Gasteiger partial charge in [-0.2, -0.15) is 0 Å². The molecular weight excluding hydrogens is 354 g/mol. The molecule has 0 aromatic carbocycles. The van der Waals surface area contributed by atoms with Crippen molar-refractivity contribution in [1.29, 1.82) is 0 Å². The Hall–Kier alpha value is -2.20. The maximum atomic E-state index is 12.5. The Kier molecular flexibility index (Phi) is 12.0. The van der Waals surface area contributed by atoms with Gasteiger partial charge >= 0.3 is 5.97 Å². The SMILES string of the molecule is CC[C@H](C)[C@H](NC(=O)[C@H](CCC(N)=O)NC(=O)[C@@H](N)CCCCN)C(=O)O. The van der Waals surface area contributed by atoms with E-state index >= 15 is 0 Å². The molecule has 27 heavy (non-hydrogen) atoms. The fraction of sp³-hybridized carbons (Fsp3) is 0.765. The van der Waals surface area contributed by atoms with Gasteiger partial charge in [-0.3, -0.25) is 14.4 Å². The zero-order chi connectivity index (χ0) is 21.0. The quantitative estimate of drug-likeness (QED) is 0.202. The summed E-state index contributed by atoms with van der Waals surface area (Å²) in [6.45, 7) is 3.99. The number of unbranched alkanes of at least 4 members (excludes halogenated alkanes) is 1. The number of carbonyl (C=O) groups is 4. The van der Waals surface area contributed by atoms with Crippen LogP contribution in [0, 0.1) is 5.92 Å². The van der Waals surface area contributed by atoms with Gasteiger partial charge < -0.3 is 32.9 Å². The van der Waals surface area contributed by atoms with E-state index in [0.29, 0.717) is 25.8 Å². The van der Waals surface area contributed by atoms with E-state index in [1.807, 2.05) is 0 Å². The van der Waals surface area contributed by atoms with Gasteiger partial charge in [-0.25, -0.2) is 4.79 Å². The smallest absolute Gasteiger partial charge is 0.326 e. The molecule has 156 valence electrons. The molecule has 0 aliphatic rings. The Labute approximate surface area is 159 Å². The van der Waals surface area contributed by atoms with Crippen molar-refractivity contribution >= 4 is 23.7 Å². The second-order valence-corrected chi connectivity index (χ2v) is 6.67. The highest BCUT2D eigenvalue weighted by atomic mass is 16.4. The second-order valence-electron chi connectivity index (χ2n) is 6.67. The molecule has 3 amide bonds. The Morgan fingerprint density at radius 3 is 2.15 bits per heavy atom. The molecule has 0 aromatic heterocycles. The molecule has 0 saturated carbocycles. The van der Waals surface area contributed by atoms with Gasteiger partial charge in [-0.15, -0.1) is 0 Å². The lowest BCUT2D eigenvalue weighted by Gasteiger charge is -2.25. The molecule has 9 N–H and O–H groups in total. The van der Waals surface area contributed by atoms with Crippen LogP contribution in [0.25, 0.3) is 0 Å². The molecule has 0 saturated heterocycles. The second kappa shape index (κ2) is 13.0. The predicted octanol–water partition coefficient (Wildman–Crippen LogP) is -1.19. The van der Waals surface area contributed by atoms with Gasteiger partial charge in [0.15, 0.2) is 0 Å². The highest BCUT2D eigenvalue weighted by molar-refractivity contribution is 5.92. The van der Waals surface area contributed by atoms with E-state index in [0.717, 1.165) is 6.42 Å². The molecule has 0 unspecified atom stereocenters. The van der Waals surface area contributed by atoms with E-state index in [-0.39, 0.29) is 18.8 Å². The van der Waals surface area contributed by atoms with Crippen LogP contribution in [0.5, 0.6) is 0 Å². The first-order valence-electron chi connectivity index (χ1n) is 9.21. The van der Waals surface area contributed by atoms with Crippen molar-refractivity contribution in [2.45, 2.75) is 70.5 Å². The summed E-state index contributed by atoms with van der Waals surface area (Å²) < 4.78 is 0. The number of primary amides is 1. The zero-order valence-corrected chi connectivity index (χ0v) is 16.1. The number of amides is 3. The topological polar surface area (TPSA) is 191 Å². The van der Waals surface area contributed by atoms with Crippen molar-refractivity contribution in [3.05, 3.63) is 0 Å². The molecule has 4 atom stereocenters. The first-order chi connectivity index (χ1) is 12.6. The fourth-order valence-corrected chi connectivity index (χ4v) is 2.41. The van der Waals surface area contributed by atoms with Crippen LogP contribution in [0.15, 0.2) is 0 Å². The van der Waals surface area contributed by atoms with Crippen molar-refractivity contribution in [3.8, 4) is 0 Å². The molecule has 0 aromatic rings. The Morgan fingerprint density at radius 1 is 1.04 bits per heavy atom. The zero-order valence-electron chi connectivity index (χ0n) is 16.1. The molecular formula is C17H33N5O5. The Balaban J connectivity index is 5.05. The van der Waals surface area contributed by atoms with E-state index in [4.69, 9.17) is 17.2 Å². The monoisotopic (exact) mass is 387 g/mol. The maximum absolute atomic E-state index is 12.5. The van der Waals surface area contributed by atoms with Crippen LogP contribution in [0.2, 0.25) is 0 Å². The van der Waals surface area contributed by atoms with Crippen molar-refractivity contribution in [2.75, 3.05) is 6.54 Å². The predicted molar refractivity (Wildman–Crippen MR) is 100 cm³/mol. The van der Waals surface area contributed by atoms with Crippen LogP contribution in [0.4, 0.5) is 0 Å². The normalized spacial score (nSPS) is 15.3. The van der Waals surface area contributed by atoms with Crippen LogP contribution in [-0.2, 0) is 19.2 Å². The summed E-state index contributed by atoms with van der Waals surface area (Å²) in [4.78, 5) is 47.2. The van der Waals surface area contributed by atoms with Crippen LogP contribution in [0.3, 0.4) is 0 Å². The first kappa shape index (κ1) is 24.8. The molecule has 0 spiro atoms. The third-order valence-corrected chi connectivity index (χ3v) is 4.40. The van der Waals surface area contributed by atoms with E-state index in [1.165, 1.54) is 0 Å². The number of nitrogens with two attached hydrogens (primary N) is 3. The minimum Gasteiger partial charge on any atom is -0.480 e. The summed E-state index contributed by atoms with van der Waals surface area (Å²) >= 11 is 0. The summed E-state index contributed by atoms with van der Waals surface area (Å²) in [5.41, 5.74) is 16.3. The van der Waals surface area contributed by atoms with Crippen LogP contribution in [-0.4, -0.2) is 53.5 Å². The number of rotatable bonds is 14. The van der Waals surface area contributed by atoms with Gasteiger partial charge in [0.05, 0.1) is 6.04 Å². The molecule has 0 rings (SSSR count). The van der Waals surface area contributed by atoms with Crippen LogP contribution in [0.1, 0.15) is 52.4 Å². The number of aliphatic carboxylic acids is 1. The number of carboxylic acid groups (broad SMARTS) is 1. The minimum absolute atomic E-state index is 0.0464. The summed E-state index contributed by atoms with van der Waals surface area (Å²) in [7, 11) is 0. The summed E-state index contributed by atoms with van der Waals surface area (Å²) in [5.74, 6) is -3.35. The van der Waals surface area contributed by atoms with Gasteiger partial charge in [0.1, 0.15) is 12.1 Å². The van der Waals surface area contributed by atoms with E-state index < -0.39 is 41.8 Å². The average molecular weight is 387 g/mol. The molecule has 0 heterocycles. The third kappa shape index (κ3) is 9.90. The first-order valence-corrected chi connectivity index (χ1v) is 9.21. The number of nitrogens with one attached hydrogen (secondary N) is 2. The van der Waals surface area contributed by atoms with Crippen LogP contribution >= 0.6 is 0 Å². The lowest BCUT2D eigenvalue weighted by Crippen LogP contribution is -2.55. The van der Waals surface area contributed by atoms with Gasteiger partial charge in [0.2, 0.25) is 17.7 Å². The number of hydrogen-bond acceptors (Lipinski definition) is 6. The van der Waals surface area contributed by atoms with E-state index in [1.54, 1.807) is 13.8 Å². The van der Waals surface area contributed by atoms with Crippen molar-refractivity contribution in [1.82, 2.24) is 10.6 Å². The molecule has 0 radical (unpaired) electrons. The number of hydrogen-bond donors (Lipinski definition) is 6. The molecule has 0 aliphatic heterocycles. The van der Waals surface area contributed by atoms with Gasteiger partial charge in [-0.1, -0.05) is 26.7 Å². The third-order valence-electron chi connectivity index (χ3n) is 4.40. The largest absolute Gasteiger partial charge is 0.480 e. The lowest BCUT2D eigenvalue weighted by atomic mass is 9.98.